The van der Waals surface area contributed by atoms with Crippen LogP contribution in [0.1, 0.15) is 12.5 Å². The first kappa shape index (κ1) is 11.0. The van der Waals surface area contributed by atoms with Crippen molar-refractivity contribution in [1.82, 2.24) is 0 Å². The number of epoxide rings is 1. The molecular weight excluding hydrogens is 204 g/mol. The van der Waals surface area contributed by atoms with Gasteiger partial charge in [-0.15, -0.1) is 0 Å². The largest absolute Gasteiger partial charge is 0.493 e. The molecule has 1 atom stereocenters. The third kappa shape index (κ3) is 2.76. The minimum absolute atomic E-state index is 0.259. The summed E-state index contributed by atoms with van der Waals surface area (Å²) in [5, 5.41) is 0. The van der Waals surface area contributed by atoms with Gasteiger partial charge in [0.05, 0.1) is 13.7 Å². The molecule has 0 bridgehead atoms. The lowest BCUT2D eigenvalue weighted by Gasteiger charge is -2.10. The van der Waals surface area contributed by atoms with Crippen molar-refractivity contribution >= 4 is 6.08 Å². The zero-order valence-electron chi connectivity index (χ0n) is 9.60. The van der Waals surface area contributed by atoms with E-state index in [-0.39, 0.29) is 6.10 Å². The summed E-state index contributed by atoms with van der Waals surface area (Å²) in [6.07, 6.45) is 4.28. The molecule has 1 unspecified atom stereocenters. The molecule has 0 saturated carbocycles. The molecule has 1 fully saturated rings. The average molecular weight is 220 g/mol. The highest BCUT2D eigenvalue weighted by Gasteiger charge is 2.23. The lowest BCUT2D eigenvalue weighted by molar-refractivity contribution is 0.252. The zero-order chi connectivity index (χ0) is 11.4. The van der Waals surface area contributed by atoms with E-state index in [1.165, 1.54) is 0 Å². The molecule has 1 saturated heterocycles. The second-order valence-electron chi connectivity index (χ2n) is 3.68. The number of rotatable bonds is 5. The van der Waals surface area contributed by atoms with Crippen LogP contribution in [0.5, 0.6) is 11.5 Å². The van der Waals surface area contributed by atoms with Crippen LogP contribution >= 0.6 is 0 Å². The topological polar surface area (TPSA) is 31.0 Å². The van der Waals surface area contributed by atoms with Gasteiger partial charge in [0.25, 0.3) is 0 Å². The van der Waals surface area contributed by atoms with Gasteiger partial charge in [0.2, 0.25) is 0 Å². The summed E-state index contributed by atoms with van der Waals surface area (Å²) in [6.45, 7) is 3.38. The fourth-order valence-corrected chi connectivity index (χ4v) is 1.45. The number of methoxy groups -OCH3 is 1. The van der Waals surface area contributed by atoms with E-state index < -0.39 is 0 Å². The third-order valence-electron chi connectivity index (χ3n) is 2.37. The molecule has 0 radical (unpaired) electrons. The minimum atomic E-state index is 0.259. The summed E-state index contributed by atoms with van der Waals surface area (Å²) < 4.78 is 16.0. The van der Waals surface area contributed by atoms with Gasteiger partial charge in [-0.1, -0.05) is 18.2 Å². The lowest BCUT2D eigenvalue weighted by atomic mass is 10.2. The fourth-order valence-electron chi connectivity index (χ4n) is 1.45. The molecule has 1 aromatic carbocycles. The molecule has 3 nitrogen and oxygen atoms in total. The predicted molar refractivity (Wildman–Crippen MR) is 62.9 cm³/mol. The van der Waals surface area contributed by atoms with Crippen molar-refractivity contribution in [2.24, 2.45) is 0 Å². The van der Waals surface area contributed by atoms with Gasteiger partial charge >= 0.3 is 0 Å². The highest BCUT2D eigenvalue weighted by atomic mass is 16.6. The summed E-state index contributed by atoms with van der Waals surface area (Å²) in [5.74, 6) is 1.53. The van der Waals surface area contributed by atoms with Gasteiger partial charge in [-0.25, -0.2) is 0 Å². The summed E-state index contributed by atoms with van der Waals surface area (Å²) in [5.41, 5.74) is 1.11. The van der Waals surface area contributed by atoms with Gasteiger partial charge in [0, 0.05) is 0 Å². The molecule has 1 aliphatic rings. The van der Waals surface area contributed by atoms with Gasteiger partial charge in [0.15, 0.2) is 11.5 Å². The highest BCUT2D eigenvalue weighted by Crippen LogP contribution is 2.29. The molecule has 0 amide bonds. The van der Waals surface area contributed by atoms with Crippen molar-refractivity contribution in [3.8, 4) is 11.5 Å². The fraction of sp³-hybridized carbons (Fsp3) is 0.385. The molecule has 0 N–H and O–H groups in total. The van der Waals surface area contributed by atoms with Crippen LogP contribution in [0.3, 0.4) is 0 Å². The van der Waals surface area contributed by atoms with Crippen LogP contribution in [0.4, 0.5) is 0 Å². The Bertz CT molecular complexity index is 381. The average Bonchev–Trinajstić information content (AvgIpc) is 3.11. The predicted octanol–water partition coefficient (Wildman–Crippen LogP) is 2.51. The van der Waals surface area contributed by atoms with E-state index in [0.29, 0.717) is 6.61 Å². The number of hydrogen-bond acceptors (Lipinski definition) is 3. The van der Waals surface area contributed by atoms with E-state index >= 15 is 0 Å². The Morgan fingerprint density at radius 3 is 2.88 bits per heavy atom. The van der Waals surface area contributed by atoms with E-state index in [9.17, 15) is 0 Å². The number of hydrogen-bond donors (Lipinski definition) is 0. The Kier molecular flexibility index (Phi) is 3.47. The van der Waals surface area contributed by atoms with Gasteiger partial charge in [-0.05, 0) is 24.6 Å². The summed E-state index contributed by atoms with van der Waals surface area (Å²) in [4.78, 5) is 0. The van der Waals surface area contributed by atoms with E-state index in [4.69, 9.17) is 14.2 Å². The second kappa shape index (κ2) is 5.03. The van der Waals surface area contributed by atoms with Gasteiger partial charge in [-0.2, -0.15) is 0 Å². The molecule has 0 aromatic heterocycles. The van der Waals surface area contributed by atoms with E-state index in [2.05, 4.69) is 0 Å². The first-order valence-electron chi connectivity index (χ1n) is 5.38. The number of benzene rings is 1. The summed E-state index contributed by atoms with van der Waals surface area (Å²) in [7, 11) is 1.64. The van der Waals surface area contributed by atoms with Gasteiger partial charge in [0.1, 0.15) is 12.7 Å². The normalized spacial score (nSPS) is 18.8. The molecule has 1 heterocycles. The molecule has 1 aliphatic heterocycles. The second-order valence-corrected chi connectivity index (χ2v) is 3.68. The Labute approximate surface area is 95.6 Å². The molecule has 86 valence electrons. The molecule has 1 aromatic rings. The zero-order valence-corrected chi connectivity index (χ0v) is 9.60. The van der Waals surface area contributed by atoms with Crippen LogP contribution in [0, 0.1) is 0 Å². The van der Waals surface area contributed by atoms with Gasteiger partial charge < -0.3 is 14.2 Å². The molecule has 16 heavy (non-hydrogen) atoms. The lowest BCUT2D eigenvalue weighted by Crippen LogP contribution is -2.05. The highest BCUT2D eigenvalue weighted by molar-refractivity contribution is 5.55. The Balaban J connectivity index is 2.12. The molecule has 2 rings (SSSR count). The number of allylic oxidation sites excluding steroid dienone is 1. The quantitative estimate of drug-likeness (QED) is 0.714. The molecule has 0 aliphatic carbocycles. The van der Waals surface area contributed by atoms with Crippen molar-refractivity contribution in [3.63, 3.8) is 0 Å². The minimum Gasteiger partial charge on any atom is -0.493 e. The van der Waals surface area contributed by atoms with Gasteiger partial charge in [-0.3, -0.25) is 0 Å². The van der Waals surface area contributed by atoms with E-state index in [0.717, 1.165) is 23.7 Å². The summed E-state index contributed by atoms with van der Waals surface area (Å²) >= 11 is 0. The molecule has 0 spiro atoms. The van der Waals surface area contributed by atoms with Crippen LogP contribution in [-0.2, 0) is 4.74 Å². The third-order valence-corrected chi connectivity index (χ3v) is 2.37. The summed E-state index contributed by atoms with van der Waals surface area (Å²) in [6, 6.07) is 5.89. The first-order valence-corrected chi connectivity index (χ1v) is 5.38. The van der Waals surface area contributed by atoms with Crippen molar-refractivity contribution in [1.29, 1.82) is 0 Å². The van der Waals surface area contributed by atoms with Crippen LogP contribution in [-0.4, -0.2) is 26.4 Å². The van der Waals surface area contributed by atoms with Crippen LogP contribution in [0.25, 0.3) is 6.08 Å². The van der Waals surface area contributed by atoms with E-state index in [1.807, 2.05) is 37.3 Å². The van der Waals surface area contributed by atoms with Crippen molar-refractivity contribution < 1.29 is 14.2 Å². The smallest absolute Gasteiger partial charge is 0.161 e. The van der Waals surface area contributed by atoms with Crippen molar-refractivity contribution in [3.05, 3.63) is 29.8 Å². The Hall–Kier alpha value is -1.48. The van der Waals surface area contributed by atoms with Crippen LogP contribution in [0.2, 0.25) is 0 Å². The Morgan fingerprint density at radius 1 is 1.44 bits per heavy atom. The standard InChI is InChI=1S/C13H16O3/c1-3-4-10-5-6-12(14-2)13(7-10)16-9-11-8-15-11/h3-7,11H,8-9H2,1-2H3/b4-3+. The maximum Gasteiger partial charge on any atom is 0.161 e. The first-order chi connectivity index (χ1) is 7.83. The molecular formula is C13H16O3. The number of ether oxygens (including phenoxy) is 3. The van der Waals surface area contributed by atoms with Crippen molar-refractivity contribution in [2.45, 2.75) is 13.0 Å². The molecule has 3 heteroatoms. The van der Waals surface area contributed by atoms with Crippen molar-refractivity contribution in [2.75, 3.05) is 20.3 Å². The van der Waals surface area contributed by atoms with Crippen LogP contribution in [0.15, 0.2) is 24.3 Å². The maximum atomic E-state index is 5.66. The monoisotopic (exact) mass is 220 g/mol. The SMILES string of the molecule is C/C=C/c1ccc(OC)c(OCC2CO2)c1. The van der Waals surface area contributed by atoms with Crippen LogP contribution < -0.4 is 9.47 Å². The maximum absolute atomic E-state index is 5.66. The van der Waals surface area contributed by atoms with E-state index in [1.54, 1.807) is 7.11 Å². The Morgan fingerprint density at radius 2 is 2.25 bits per heavy atom.